The lowest BCUT2D eigenvalue weighted by Crippen LogP contribution is -2.42. The second kappa shape index (κ2) is 9.00. The van der Waals surface area contributed by atoms with Gasteiger partial charge in [0.05, 0.1) is 29.9 Å². The Morgan fingerprint density at radius 3 is 2.54 bits per heavy atom. The normalized spacial score (nSPS) is 20.8. The molecule has 0 bridgehead atoms. The van der Waals surface area contributed by atoms with Gasteiger partial charge in [0, 0.05) is 30.2 Å². The number of rotatable bonds is 5. The Morgan fingerprint density at radius 2 is 1.86 bits per heavy atom. The number of fused-ring (bicyclic) bond motifs is 1. The molecule has 5 rings (SSSR count). The summed E-state index contributed by atoms with van der Waals surface area (Å²) in [5, 5.41) is 4.25. The number of anilines is 2. The van der Waals surface area contributed by atoms with Crippen LogP contribution in [0.2, 0.25) is 0 Å². The van der Waals surface area contributed by atoms with E-state index in [1.165, 1.54) is 22.4 Å². The van der Waals surface area contributed by atoms with Crippen molar-refractivity contribution in [3.8, 4) is 5.75 Å². The maximum Gasteiger partial charge on any atom is 0.174 e. The first kappa shape index (κ1) is 23.4. The van der Waals surface area contributed by atoms with E-state index in [1.807, 2.05) is 37.4 Å². The molecule has 0 amide bonds. The van der Waals surface area contributed by atoms with Crippen molar-refractivity contribution in [3.05, 3.63) is 89.8 Å². The Morgan fingerprint density at radius 1 is 1.09 bits per heavy atom. The summed E-state index contributed by atoms with van der Waals surface area (Å²) in [4.78, 5) is 9.24. The molecule has 5 nitrogen and oxygen atoms in total. The smallest absolute Gasteiger partial charge is 0.174 e. The predicted molar refractivity (Wildman–Crippen MR) is 148 cm³/mol. The average Bonchev–Trinajstić information content (AvgIpc) is 3.20. The summed E-state index contributed by atoms with van der Waals surface area (Å²) in [6.07, 6.45) is 4.19. The van der Waals surface area contributed by atoms with E-state index in [-0.39, 0.29) is 17.6 Å². The number of benzene rings is 2. The van der Waals surface area contributed by atoms with Crippen LogP contribution in [-0.4, -0.2) is 29.3 Å². The number of hydrogen-bond donors (Lipinski definition) is 1. The molecule has 0 aliphatic carbocycles. The van der Waals surface area contributed by atoms with Crippen LogP contribution in [0.5, 0.6) is 5.75 Å². The SMILES string of the molecule is CCOc1ccc(N2C(=S)N[C@H](c3ccccn3)[C@H]2c2ccc3c(c2)C(C)=CC(C)(C)N3C)cc1. The van der Waals surface area contributed by atoms with E-state index >= 15 is 0 Å². The van der Waals surface area contributed by atoms with Crippen molar-refractivity contribution < 1.29 is 4.74 Å². The Kier molecular flexibility index (Phi) is 6.01. The number of aromatic nitrogens is 1. The molecular weight excluding hydrogens is 452 g/mol. The first-order chi connectivity index (χ1) is 16.8. The number of likely N-dealkylation sites (N-methyl/N-ethyl adjacent to an activating group) is 1. The average molecular weight is 485 g/mol. The van der Waals surface area contributed by atoms with Crippen molar-refractivity contribution in [2.45, 2.75) is 45.3 Å². The van der Waals surface area contributed by atoms with Crippen LogP contribution < -0.4 is 19.9 Å². The molecule has 3 heterocycles. The zero-order chi connectivity index (χ0) is 24.7. The van der Waals surface area contributed by atoms with E-state index in [2.05, 4.69) is 90.4 Å². The maximum absolute atomic E-state index is 5.89. The van der Waals surface area contributed by atoms with Gasteiger partial charge in [0.25, 0.3) is 0 Å². The van der Waals surface area contributed by atoms with Crippen molar-refractivity contribution in [3.63, 3.8) is 0 Å². The Hall–Kier alpha value is -3.38. The third-order valence-electron chi connectivity index (χ3n) is 7.11. The molecule has 2 aromatic carbocycles. The monoisotopic (exact) mass is 484 g/mol. The molecule has 6 heteroatoms. The van der Waals surface area contributed by atoms with Gasteiger partial charge in [-0.25, -0.2) is 0 Å². The minimum absolute atomic E-state index is 0.0279. The molecule has 180 valence electrons. The maximum atomic E-state index is 5.89. The lowest BCUT2D eigenvalue weighted by atomic mass is 9.86. The zero-order valence-electron chi connectivity index (χ0n) is 20.9. The molecule has 1 aromatic heterocycles. The highest BCUT2D eigenvalue weighted by Gasteiger charge is 2.41. The minimum Gasteiger partial charge on any atom is -0.494 e. The fourth-order valence-corrected chi connectivity index (χ4v) is 5.55. The van der Waals surface area contributed by atoms with Gasteiger partial charge < -0.3 is 19.9 Å². The molecule has 1 N–H and O–H groups in total. The van der Waals surface area contributed by atoms with Crippen molar-refractivity contribution in [2.24, 2.45) is 0 Å². The number of allylic oxidation sites excluding steroid dienone is 1. The molecule has 2 aliphatic rings. The molecule has 0 unspecified atom stereocenters. The minimum atomic E-state index is -0.0737. The van der Waals surface area contributed by atoms with E-state index in [0.717, 1.165) is 17.1 Å². The molecule has 0 spiro atoms. The van der Waals surface area contributed by atoms with Crippen LogP contribution in [0.1, 0.15) is 56.6 Å². The molecular formula is C29H32N4OS. The van der Waals surface area contributed by atoms with Gasteiger partial charge in [0.15, 0.2) is 5.11 Å². The lowest BCUT2D eigenvalue weighted by molar-refractivity contribution is 0.340. The van der Waals surface area contributed by atoms with E-state index in [1.54, 1.807) is 0 Å². The molecule has 1 saturated heterocycles. The van der Waals surface area contributed by atoms with Crippen LogP contribution in [0.4, 0.5) is 11.4 Å². The standard InChI is InChI=1S/C29H32N4OS/c1-6-34-22-13-11-21(12-14-22)33-27(26(31-28(33)35)24-9-7-8-16-30-24)20-10-15-25-23(17-20)19(2)18-29(3,4)32(25)5/h7-18,26-27H,6H2,1-5H3,(H,31,35)/t26-,27-/m1/s1. The van der Waals surface area contributed by atoms with Crippen molar-refractivity contribution in [1.29, 1.82) is 0 Å². The van der Waals surface area contributed by atoms with Crippen molar-refractivity contribution in [1.82, 2.24) is 10.3 Å². The molecule has 1 fully saturated rings. The fourth-order valence-electron chi connectivity index (χ4n) is 5.20. The largest absolute Gasteiger partial charge is 0.494 e. The van der Waals surface area contributed by atoms with Crippen LogP contribution in [-0.2, 0) is 0 Å². The Balaban J connectivity index is 1.62. The number of nitrogens with one attached hydrogen (secondary N) is 1. The van der Waals surface area contributed by atoms with E-state index in [9.17, 15) is 0 Å². The Bertz CT molecular complexity index is 1270. The van der Waals surface area contributed by atoms with Gasteiger partial charge >= 0.3 is 0 Å². The molecule has 2 aliphatic heterocycles. The van der Waals surface area contributed by atoms with E-state index in [0.29, 0.717) is 11.7 Å². The van der Waals surface area contributed by atoms with Crippen molar-refractivity contribution in [2.75, 3.05) is 23.5 Å². The van der Waals surface area contributed by atoms with Crippen LogP contribution in [0.25, 0.3) is 5.57 Å². The van der Waals surface area contributed by atoms with Gasteiger partial charge in [-0.05, 0) is 99.6 Å². The van der Waals surface area contributed by atoms with Gasteiger partial charge in [-0.15, -0.1) is 0 Å². The van der Waals surface area contributed by atoms with Crippen LogP contribution in [0, 0.1) is 0 Å². The molecule has 3 aromatic rings. The Labute approximate surface area is 213 Å². The number of pyridine rings is 1. The topological polar surface area (TPSA) is 40.6 Å². The summed E-state index contributed by atoms with van der Waals surface area (Å²) in [5.74, 6) is 0.854. The first-order valence-electron chi connectivity index (χ1n) is 12.1. The van der Waals surface area contributed by atoms with Crippen LogP contribution >= 0.6 is 12.2 Å². The van der Waals surface area contributed by atoms with Gasteiger partial charge in [-0.2, -0.15) is 0 Å². The zero-order valence-corrected chi connectivity index (χ0v) is 21.8. The highest BCUT2D eigenvalue weighted by molar-refractivity contribution is 7.80. The van der Waals surface area contributed by atoms with Crippen LogP contribution in [0.15, 0.2) is 72.9 Å². The highest BCUT2D eigenvalue weighted by atomic mass is 32.1. The van der Waals surface area contributed by atoms with Crippen LogP contribution in [0.3, 0.4) is 0 Å². The number of hydrogen-bond acceptors (Lipinski definition) is 4. The number of thiocarbonyl (C=S) groups is 1. The summed E-state index contributed by atoms with van der Waals surface area (Å²) >= 11 is 5.89. The van der Waals surface area contributed by atoms with Gasteiger partial charge in [-0.3, -0.25) is 4.98 Å². The summed E-state index contributed by atoms with van der Waals surface area (Å²) in [6, 6.07) is 20.9. The summed E-state index contributed by atoms with van der Waals surface area (Å²) in [6.45, 7) is 9.33. The summed E-state index contributed by atoms with van der Waals surface area (Å²) in [5.41, 5.74) is 6.96. The van der Waals surface area contributed by atoms with E-state index in [4.69, 9.17) is 17.0 Å². The second-order valence-electron chi connectivity index (χ2n) is 9.74. The van der Waals surface area contributed by atoms with Gasteiger partial charge in [0.1, 0.15) is 5.75 Å². The van der Waals surface area contributed by atoms with E-state index < -0.39 is 0 Å². The quantitative estimate of drug-likeness (QED) is 0.429. The summed E-state index contributed by atoms with van der Waals surface area (Å²) in [7, 11) is 2.16. The summed E-state index contributed by atoms with van der Waals surface area (Å²) < 4.78 is 5.67. The van der Waals surface area contributed by atoms with Gasteiger partial charge in [-0.1, -0.05) is 18.2 Å². The number of ether oxygens (including phenoxy) is 1. The molecule has 0 saturated carbocycles. The molecule has 0 radical (unpaired) electrons. The number of nitrogens with zero attached hydrogens (tertiary/aromatic N) is 3. The fraction of sp³-hybridized carbons (Fsp3) is 0.310. The third kappa shape index (κ3) is 4.16. The molecule has 35 heavy (non-hydrogen) atoms. The lowest BCUT2D eigenvalue weighted by Gasteiger charge is -2.41. The third-order valence-corrected chi connectivity index (χ3v) is 7.42. The molecule has 2 atom stereocenters. The van der Waals surface area contributed by atoms with Crippen molar-refractivity contribution >= 4 is 34.3 Å². The first-order valence-corrected chi connectivity index (χ1v) is 12.5. The second-order valence-corrected chi connectivity index (χ2v) is 10.1. The van der Waals surface area contributed by atoms with Gasteiger partial charge in [0.2, 0.25) is 0 Å². The predicted octanol–water partition coefficient (Wildman–Crippen LogP) is 6.29. The highest BCUT2D eigenvalue weighted by Crippen LogP contribution is 2.45.